The second kappa shape index (κ2) is 8.47. The molecule has 4 nitrogen and oxygen atoms in total. The zero-order valence-corrected chi connectivity index (χ0v) is 18.1. The average molecular weight is 437 g/mol. The van der Waals surface area contributed by atoms with Gasteiger partial charge in [0.25, 0.3) is 0 Å². The summed E-state index contributed by atoms with van der Waals surface area (Å²) in [5, 5.41) is 34.8. The number of aryl methyl sites for hydroxylation is 2. The van der Waals surface area contributed by atoms with E-state index >= 15 is 0 Å². The van der Waals surface area contributed by atoms with E-state index in [0.29, 0.717) is 10.9 Å². The normalized spacial score (nSPS) is 12.8. The molecule has 0 aromatic heterocycles. The van der Waals surface area contributed by atoms with Crippen LogP contribution in [0.5, 0.6) is 11.5 Å². The van der Waals surface area contributed by atoms with Crippen LogP contribution >= 0.6 is 0 Å². The van der Waals surface area contributed by atoms with Gasteiger partial charge in [-0.15, -0.1) is 0 Å². The van der Waals surface area contributed by atoms with E-state index in [0.717, 1.165) is 39.8 Å². The highest BCUT2D eigenvalue weighted by atomic mass is 16.4. The molecule has 3 N–H and O–H groups in total. The molecule has 0 fully saturated rings. The van der Waals surface area contributed by atoms with Crippen molar-refractivity contribution >= 4 is 38.3 Å². The molecule has 0 bridgehead atoms. The number of hydrogen-bond acceptors (Lipinski definition) is 3. The molecule has 0 saturated heterocycles. The first-order valence-electron chi connectivity index (χ1n) is 11.1. The molecule has 0 amide bonds. The Balaban J connectivity index is 0.000000152. The monoisotopic (exact) mass is 436 g/mol. The van der Waals surface area contributed by atoms with Gasteiger partial charge in [0.05, 0.1) is 10.9 Å². The van der Waals surface area contributed by atoms with Crippen LogP contribution in [0.1, 0.15) is 34.3 Å². The van der Waals surface area contributed by atoms with E-state index in [2.05, 4.69) is 12.1 Å². The van der Waals surface area contributed by atoms with Crippen molar-refractivity contribution in [3.63, 3.8) is 0 Å². The van der Waals surface area contributed by atoms with Crippen molar-refractivity contribution in [2.75, 3.05) is 0 Å². The van der Waals surface area contributed by atoms with E-state index in [4.69, 9.17) is 5.11 Å². The molecule has 4 heteroatoms. The summed E-state index contributed by atoms with van der Waals surface area (Å²) in [5.74, 6) is -0.574. The summed E-state index contributed by atoms with van der Waals surface area (Å²) in [7, 11) is 0. The van der Waals surface area contributed by atoms with Crippen LogP contribution in [-0.2, 0) is 12.8 Å². The summed E-state index contributed by atoms with van der Waals surface area (Å²) >= 11 is 0. The van der Waals surface area contributed by atoms with Gasteiger partial charge in [-0.1, -0.05) is 54.6 Å². The second-order valence-electron chi connectivity index (χ2n) is 8.47. The third-order valence-corrected chi connectivity index (χ3v) is 6.44. The van der Waals surface area contributed by atoms with Crippen molar-refractivity contribution < 1.29 is 20.1 Å². The highest BCUT2D eigenvalue weighted by Gasteiger charge is 2.16. The number of aromatic carboxylic acids is 1. The van der Waals surface area contributed by atoms with Crippen molar-refractivity contribution in [3.8, 4) is 11.5 Å². The minimum Gasteiger partial charge on any atom is -0.507 e. The molecule has 0 spiro atoms. The van der Waals surface area contributed by atoms with Gasteiger partial charge in [-0.3, -0.25) is 0 Å². The molecule has 1 aliphatic carbocycles. The fourth-order valence-electron chi connectivity index (χ4n) is 4.82. The Morgan fingerprint density at radius 2 is 1.45 bits per heavy atom. The summed E-state index contributed by atoms with van der Waals surface area (Å²) in [5.41, 5.74) is 3.11. The zero-order valence-electron chi connectivity index (χ0n) is 18.1. The van der Waals surface area contributed by atoms with Crippen molar-refractivity contribution in [2.24, 2.45) is 0 Å². The lowest BCUT2D eigenvalue weighted by Gasteiger charge is -2.19. The van der Waals surface area contributed by atoms with Gasteiger partial charge >= 0.3 is 5.97 Å². The standard InChI is InChI=1S/C18H16O2.C11H8O2/c19-16-7-3-6-14-13-9-8-11-4-1-2-5-12(11)15(13)10-17(20)18(14)16;12-11(13)10-6-5-8-3-1-2-4-9(8)7-10/h3,6-10,19-20H,1-2,4-5H2;1-7H,(H,12,13). The van der Waals surface area contributed by atoms with Crippen LogP contribution in [0.25, 0.3) is 32.3 Å². The lowest BCUT2D eigenvalue weighted by atomic mass is 9.86. The molecule has 0 radical (unpaired) electrons. The smallest absolute Gasteiger partial charge is 0.335 e. The molecule has 6 rings (SSSR count). The Hall–Kier alpha value is -4.05. The van der Waals surface area contributed by atoms with Gasteiger partial charge < -0.3 is 15.3 Å². The molecule has 164 valence electrons. The molecule has 0 saturated carbocycles. The summed E-state index contributed by atoms with van der Waals surface area (Å²) in [6.45, 7) is 0. The minimum absolute atomic E-state index is 0.139. The Morgan fingerprint density at radius 1 is 0.667 bits per heavy atom. The van der Waals surface area contributed by atoms with Gasteiger partial charge in [0.15, 0.2) is 0 Å². The van der Waals surface area contributed by atoms with Crippen molar-refractivity contribution in [1.82, 2.24) is 0 Å². The van der Waals surface area contributed by atoms with E-state index in [1.54, 1.807) is 18.2 Å². The van der Waals surface area contributed by atoms with Gasteiger partial charge in [-0.25, -0.2) is 4.79 Å². The molecule has 0 unspecified atom stereocenters. The molecule has 5 aromatic rings. The molecule has 33 heavy (non-hydrogen) atoms. The van der Waals surface area contributed by atoms with Crippen LogP contribution in [-0.4, -0.2) is 21.3 Å². The predicted molar refractivity (Wildman–Crippen MR) is 132 cm³/mol. The number of carboxylic acid groups (broad SMARTS) is 1. The first-order chi connectivity index (χ1) is 16.0. The van der Waals surface area contributed by atoms with Gasteiger partial charge in [0.1, 0.15) is 11.5 Å². The lowest BCUT2D eigenvalue weighted by molar-refractivity contribution is 0.0697. The van der Waals surface area contributed by atoms with Crippen LogP contribution < -0.4 is 0 Å². The van der Waals surface area contributed by atoms with Gasteiger partial charge in [0, 0.05) is 0 Å². The van der Waals surface area contributed by atoms with Crippen LogP contribution in [0, 0.1) is 0 Å². The maximum Gasteiger partial charge on any atom is 0.335 e. The number of carbonyl (C=O) groups is 1. The van der Waals surface area contributed by atoms with Crippen molar-refractivity contribution in [2.45, 2.75) is 25.7 Å². The SMILES string of the molecule is O=C(O)c1ccc2ccccc2c1.Oc1cccc2c1c(O)cc1c3c(ccc12)CCCC3. The van der Waals surface area contributed by atoms with E-state index in [9.17, 15) is 15.0 Å². The average Bonchev–Trinajstić information content (AvgIpc) is 2.84. The zero-order chi connectivity index (χ0) is 22.9. The lowest BCUT2D eigenvalue weighted by Crippen LogP contribution is -2.03. The Labute approximate surface area is 191 Å². The molecule has 1 aliphatic rings. The number of rotatable bonds is 1. The Kier molecular flexibility index (Phi) is 5.35. The van der Waals surface area contributed by atoms with Gasteiger partial charge in [-0.2, -0.15) is 0 Å². The third kappa shape index (κ3) is 3.85. The van der Waals surface area contributed by atoms with Crippen LogP contribution in [0.15, 0.2) is 78.9 Å². The Morgan fingerprint density at radius 3 is 2.27 bits per heavy atom. The van der Waals surface area contributed by atoms with E-state index in [1.807, 2.05) is 48.5 Å². The highest BCUT2D eigenvalue weighted by Crippen LogP contribution is 2.40. The molecule has 0 atom stereocenters. The third-order valence-electron chi connectivity index (χ3n) is 6.44. The van der Waals surface area contributed by atoms with E-state index in [1.165, 1.54) is 24.0 Å². The Bertz CT molecular complexity index is 1520. The molecule has 0 heterocycles. The summed E-state index contributed by atoms with van der Waals surface area (Å²) in [6, 6.07) is 24.4. The minimum atomic E-state index is -0.884. The molecular weight excluding hydrogens is 412 g/mol. The van der Waals surface area contributed by atoms with E-state index < -0.39 is 5.97 Å². The van der Waals surface area contributed by atoms with Crippen molar-refractivity contribution in [3.05, 3.63) is 95.6 Å². The van der Waals surface area contributed by atoms with Gasteiger partial charge in [-0.05, 0) is 88.0 Å². The summed E-state index contributed by atoms with van der Waals surface area (Å²) < 4.78 is 0. The number of benzene rings is 5. The van der Waals surface area contributed by atoms with Crippen LogP contribution in [0.4, 0.5) is 0 Å². The number of hydrogen-bond donors (Lipinski definition) is 3. The number of phenolic OH excluding ortho intramolecular Hbond substituents is 2. The van der Waals surface area contributed by atoms with Crippen molar-refractivity contribution in [1.29, 1.82) is 0 Å². The maximum atomic E-state index is 10.6. The van der Waals surface area contributed by atoms with Gasteiger partial charge in [0.2, 0.25) is 0 Å². The molecular formula is C29H24O4. The first-order valence-corrected chi connectivity index (χ1v) is 11.1. The number of aromatic hydroxyl groups is 2. The maximum absolute atomic E-state index is 10.6. The van der Waals surface area contributed by atoms with Crippen LogP contribution in [0.2, 0.25) is 0 Å². The number of phenols is 2. The predicted octanol–water partition coefficient (Wildman–Crippen LogP) is 6.82. The fourth-order valence-corrected chi connectivity index (χ4v) is 4.82. The number of fused-ring (bicyclic) bond motifs is 6. The largest absolute Gasteiger partial charge is 0.507 e. The quantitative estimate of drug-likeness (QED) is 0.252. The fraction of sp³-hybridized carbons (Fsp3) is 0.138. The van der Waals surface area contributed by atoms with Crippen LogP contribution in [0.3, 0.4) is 0 Å². The molecule has 0 aliphatic heterocycles. The first kappa shape index (κ1) is 20.8. The summed E-state index contributed by atoms with van der Waals surface area (Å²) in [4.78, 5) is 10.6. The second-order valence-corrected chi connectivity index (χ2v) is 8.47. The summed E-state index contributed by atoms with van der Waals surface area (Å²) in [6.07, 6.45) is 4.67. The topological polar surface area (TPSA) is 77.8 Å². The molecule has 5 aromatic carbocycles. The number of carboxylic acids is 1. The van der Waals surface area contributed by atoms with E-state index in [-0.39, 0.29) is 11.5 Å². The highest BCUT2D eigenvalue weighted by molar-refractivity contribution is 6.13.